The van der Waals surface area contributed by atoms with Gasteiger partial charge in [0.05, 0.1) is 8.07 Å². The SMILES string of the molecule is CC1(CC(=O)Cc2ccc(Br)cc2)CCCC[Si]1(C)C. The van der Waals surface area contributed by atoms with Gasteiger partial charge in [0.15, 0.2) is 0 Å². The molecule has 1 fully saturated rings. The maximum absolute atomic E-state index is 12.5. The van der Waals surface area contributed by atoms with Crippen LogP contribution in [-0.2, 0) is 11.2 Å². The molecule has 1 unspecified atom stereocenters. The van der Waals surface area contributed by atoms with Gasteiger partial charge in [0.2, 0.25) is 0 Å². The first-order chi connectivity index (χ1) is 9.32. The quantitative estimate of drug-likeness (QED) is 0.644. The summed E-state index contributed by atoms with van der Waals surface area (Å²) in [5.41, 5.74) is 1.14. The highest BCUT2D eigenvalue weighted by molar-refractivity contribution is 9.10. The van der Waals surface area contributed by atoms with Gasteiger partial charge >= 0.3 is 0 Å². The summed E-state index contributed by atoms with van der Waals surface area (Å²) >= 11 is 3.44. The molecule has 0 saturated carbocycles. The predicted molar refractivity (Wildman–Crippen MR) is 92.0 cm³/mol. The maximum Gasteiger partial charge on any atom is 0.137 e. The zero-order chi connectivity index (χ0) is 14.8. The van der Waals surface area contributed by atoms with Crippen molar-refractivity contribution >= 4 is 29.8 Å². The maximum atomic E-state index is 12.5. The fraction of sp³-hybridized carbons (Fsp3) is 0.588. The van der Waals surface area contributed by atoms with Gasteiger partial charge in [0, 0.05) is 17.3 Å². The van der Waals surface area contributed by atoms with Gasteiger partial charge in [-0.3, -0.25) is 4.79 Å². The zero-order valence-corrected chi connectivity index (χ0v) is 15.4. The van der Waals surface area contributed by atoms with Gasteiger partial charge in [-0.25, -0.2) is 0 Å². The van der Waals surface area contributed by atoms with Crippen molar-refractivity contribution in [2.24, 2.45) is 0 Å². The van der Waals surface area contributed by atoms with Gasteiger partial charge in [0.1, 0.15) is 5.78 Å². The molecule has 1 nitrogen and oxygen atoms in total. The highest BCUT2D eigenvalue weighted by atomic mass is 79.9. The molecule has 110 valence electrons. The molecule has 0 aliphatic carbocycles. The first kappa shape index (κ1) is 16.0. The van der Waals surface area contributed by atoms with Crippen LogP contribution in [0, 0.1) is 0 Å². The van der Waals surface area contributed by atoms with Gasteiger partial charge in [-0.2, -0.15) is 0 Å². The van der Waals surface area contributed by atoms with E-state index >= 15 is 0 Å². The largest absolute Gasteiger partial charge is 0.299 e. The van der Waals surface area contributed by atoms with Gasteiger partial charge in [-0.1, -0.05) is 67.0 Å². The third-order valence-electron chi connectivity index (χ3n) is 5.32. The van der Waals surface area contributed by atoms with Crippen molar-refractivity contribution in [3.63, 3.8) is 0 Å². The Labute approximate surface area is 132 Å². The van der Waals surface area contributed by atoms with Crippen LogP contribution in [-0.4, -0.2) is 13.9 Å². The van der Waals surface area contributed by atoms with Crippen LogP contribution in [0.4, 0.5) is 0 Å². The highest BCUT2D eigenvalue weighted by Crippen LogP contribution is 2.51. The number of rotatable bonds is 4. The molecule has 1 aliphatic heterocycles. The normalized spacial score (nSPS) is 25.4. The van der Waals surface area contributed by atoms with E-state index in [2.05, 4.69) is 35.9 Å². The predicted octanol–water partition coefficient (Wildman–Crippen LogP) is 5.60. The third kappa shape index (κ3) is 3.61. The molecule has 1 aliphatic rings. The summed E-state index contributed by atoms with van der Waals surface area (Å²) in [5.74, 6) is 0.414. The van der Waals surface area contributed by atoms with E-state index in [0.717, 1.165) is 16.5 Å². The molecule has 0 N–H and O–H groups in total. The van der Waals surface area contributed by atoms with Crippen molar-refractivity contribution in [3.05, 3.63) is 34.3 Å². The number of halogens is 1. The van der Waals surface area contributed by atoms with E-state index in [-0.39, 0.29) is 0 Å². The van der Waals surface area contributed by atoms with Crippen LogP contribution >= 0.6 is 15.9 Å². The molecule has 3 heteroatoms. The van der Waals surface area contributed by atoms with Crippen LogP contribution in [0.1, 0.15) is 38.2 Å². The van der Waals surface area contributed by atoms with E-state index < -0.39 is 8.07 Å². The van der Waals surface area contributed by atoms with Crippen molar-refractivity contribution in [2.45, 2.75) is 63.2 Å². The van der Waals surface area contributed by atoms with Gasteiger partial charge in [-0.05, 0) is 29.2 Å². The van der Waals surface area contributed by atoms with E-state index in [9.17, 15) is 4.79 Å². The van der Waals surface area contributed by atoms with E-state index in [1.54, 1.807) is 0 Å². The molecule has 1 saturated heterocycles. The molecule has 0 spiro atoms. The average Bonchev–Trinajstić information content (AvgIpc) is 2.36. The minimum atomic E-state index is -1.26. The minimum Gasteiger partial charge on any atom is -0.299 e. The second-order valence-corrected chi connectivity index (χ2v) is 13.6. The summed E-state index contributed by atoms with van der Waals surface area (Å²) in [4.78, 5) is 12.5. The molecule has 0 aromatic heterocycles. The monoisotopic (exact) mass is 352 g/mol. The Morgan fingerprint density at radius 1 is 1.25 bits per heavy atom. The van der Waals surface area contributed by atoms with Crippen LogP contribution in [0.15, 0.2) is 28.7 Å². The van der Waals surface area contributed by atoms with E-state index in [4.69, 9.17) is 0 Å². The standard InChI is InChI=1S/C17H25BrOSi/c1-17(10-4-5-11-20(17,2)3)13-16(19)12-14-6-8-15(18)9-7-14/h6-9H,4-5,10-13H2,1-3H3. The van der Waals surface area contributed by atoms with Crippen molar-refractivity contribution in [2.75, 3.05) is 0 Å². The topological polar surface area (TPSA) is 17.1 Å². The van der Waals surface area contributed by atoms with Crippen LogP contribution in [0.25, 0.3) is 0 Å². The van der Waals surface area contributed by atoms with Gasteiger partial charge in [-0.15, -0.1) is 0 Å². The summed E-state index contributed by atoms with van der Waals surface area (Å²) in [6.45, 7) is 7.32. The summed E-state index contributed by atoms with van der Waals surface area (Å²) in [5, 5.41) is 0.303. The van der Waals surface area contributed by atoms with Crippen molar-refractivity contribution < 1.29 is 4.79 Å². The smallest absolute Gasteiger partial charge is 0.137 e. The molecule has 1 heterocycles. The Hall–Kier alpha value is -0.413. The highest BCUT2D eigenvalue weighted by Gasteiger charge is 2.45. The Morgan fingerprint density at radius 2 is 1.90 bits per heavy atom. The van der Waals surface area contributed by atoms with Crippen LogP contribution in [0.3, 0.4) is 0 Å². The Kier molecular flexibility index (Phi) is 4.91. The second kappa shape index (κ2) is 6.14. The van der Waals surface area contributed by atoms with E-state index in [0.29, 0.717) is 17.2 Å². The molecule has 1 aromatic rings. The van der Waals surface area contributed by atoms with Crippen LogP contribution in [0.2, 0.25) is 24.2 Å². The van der Waals surface area contributed by atoms with Crippen molar-refractivity contribution in [3.8, 4) is 0 Å². The lowest BCUT2D eigenvalue weighted by molar-refractivity contribution is -0.119. The molecule has 0 amide bonds. The van der Waals surface area contributed by atoms with E-state index in [1.165, 1.54) is 25.3 Å². The van der Waals surface area contributed by atoms with Crippen LogP contribution in [0.5, 0.6) is 0 Å². The molecule has 20 heavy (non-hydrogen) atoms. The van der Waals surface area contributed by atoms with Crippen molar-refractivity contribution in [1.82, 2.24) is 0 Å². The summed E-state index contributed by atoms with van der Waals surface area (Å²) in [6, 6.07) is 9.52. The van der Waals surface area contributed by atoms with Crippen molar-refractivity contribution in [1.29, 1.82) is 0 Å². The number of ketones is 1. The first-order valence-corrected chi connectivity index (χ1v) is 11.6. The summed E-state index contributed by atoms with van der Waals surface area (Å²) < 4.78 is 1.07. The number of carbonyl (C=O) groups is 1. The number of hydrogen-bond donors (Lipinski definition) is 0. The summed E-state index contributed by atoms with van der Waals surface area (Å²) in [6.07, 6.45) is 5.29. The average molecular weight is 353 g/mol. The Bertz CT molecular complexity index is 480. The third-order valence-corrected chi connectivity index (χ3v) is 11.1. The number of Topliss-reactive ketones (excluding diaryl/α,β-unsaturated/α-hetero) is 1. The molecule has 0 bridgehead atoms. The number of carbonyl (C=O) groups excluding carboxylic acids is 1. The molecule has 1 atom stereocenters. The Balaban J connectivity index is 2.01. The number of benzene rings is 1. The molecule has 0 radical (unpaired) electrons. The van der Waals surface area contributed by atoms with Crippen LogP contribution < -0.4 is 0 Å². The fourth-order valence-corrected chi connectivity index (χ4v) is 6.91. The van der Waals surface area contributed by atoms with Gasteiger partial charge < -0.3 is 0 Å². The lowest BCUT2D eigenvalue weighted by Crippen LogP contribution is -2.44. The first-order valence-electron chi connectivity index (χ1n) is 7.59. The minimum absolute atomic E-state index is 0.303. The van der Waals surface area contributed by atoms with Gasteiger partial charge in [0.25, 0.3) is 0 Å². The zero-order valence-electron chi connectivity index (χ0n) is 12.8. The molecule has 2 rings (SSSR count). The molecule has 1 aromatic carbocycles. The lowest BCUT2D eigenvalue weighted by atomic mass is 9.93. The second-order valence-electron chi connectivity index (χ2n) is 7.17. The molecular weight excluding hydrogens is 328 g/mol. The summed E-state index contributed by atoms with van der Waals surface area (Å²) in [7, 11) is -1.26. The lowest BCUT2D eigenvalue weighted by Gasteiger charge is -2.46. The van der Waals surface area contributed by atoms with E-state index in [1.807, 2.05) is 24.3 Å². The number of hydrogen-bond acceptors (Lipinski definition) is 1. The fourth-order valence-electron chi connectivity index (χ4n) is 3.38. The molecular formula is C17H25BrOSi. The Morgan fingerprint density at radius 3 is 2.50 bits per heavy atom.